The van der Waals surface area contributed by atoms with E-state index in [1.165, 1.54) is 66.1 Å². The number of benzene rings is 6. The molecule has 1 aliphatic rings. The van der Waals surface area contributed by atoms with E-state index in [1.54, 1.807) is 0 Å². The maximum atomic E-state index is 3.82. The van der Waals surface area contributed by atoms with Gasteiger partial charge in [-0.05, 0) is 78.9 Å². The molecular formula is C32H18Br2. The van der Waals surface area contributed by atoms with Crippen molar-refractivity contribution in [1.29, 1.82) is 0 Å². The molecule has 0 nitrogen and oxygen atoms in total. The highest BCUT2D eigenvalue weighted by atomic mass is 79.9. The minimum atomic E-state index is 1.11. The Morgan fingerprint density at radius 3 is 1.62 bits per heavy atom. The van der Waals surface area contributed by atoms with Crippen LogP contribution in [0.15, 0.2) is 118 Å². The van der Waals surface area contributed by atoms with Gasteiger partial charge in [0.1, 0.15) is 0 Å². The van der Waals surface area contributed by atoms with E-state index in [4.69, 9.17) is 0 Å². The smallest absolute Gasteiger partial charge is 0.0265 e. The molecule has 0 amide bonds. The van der Waals surface area contributed by atoms with E-state index in [9.17, 15) is 0 Å². The maximum Gasteiger partial charge on any atom is 0.0265 e. The van der Waals surface area contributed by atoms with E-state index in [0.717, 1.165) is 8.95 Å². The normalized spacial score (nSPS) is 11.8. The van der Waals surface area contributed by atoms with Crippen LogP contribution in [0.1, 0.15) is 0 Å². The zero-order valence-electron chi connectivity index (χ0n) is 18.1. The Bertz CT molecular complexity index is 1740. The summed E-state index contributed by atoms with van der Waals surface area (Å²) in [6.07, 6.45) is 0. The van der Waals surface area contributed by atoms with E-state index < -0.39 is 0 Å². The van der Waals surface area contributed by atoms with Crippen molar-refractivity contribution in [1.82, 2.24) is 0 Å². The Labute approximate surface area is 215 Å². The van der Waals surface area contributed by atoms with Gasteiger partial charge in [-0.3, -0.25) is 0 Å². The first-order chi connectivity index (χ1) is 16.7. The summed E-state index contributed by atoms with van der Waals surface area (Å²) in [4.78, 5) is 0. The van der Waals surface area contributed by atoms with Gasteiger partial charge >= 0.3 is 0 Å². The predicted molar refractivity (Wildman–Crippen MR) is 152 cm³/mol. The van der Waals surface area contributed by atoms with Gasteiger partial charge in [0.2, 0.25) is 0 Å². The third kappa shape index (κ3) is 2.82. The maximum absolute atomic E-state index is 3.82. The lowest BCUT2D eigenvalue weighted by atomic mass is 9.86. The highest BCUT2D eigenvalue weighted by molar-refractivity contribution is 9.11. The van der Waals surface area contributed by atoms with Crippen LogP contribution in [0.4, 0.5) is 0 Å². The van der Waals surface area contributed by atoms with Gasteiger partial charge < -0.3 is 0 Å². The Kier molecular flexibility index (Phi) is 4.55. The molecule has 0 aliphatic heterocycles. The molecule has 0 fully saturated rings. The lowest BCUT2D eigenvalue weighted by Gasteiger charge is -2.17. The van der Waals surface area contributed by atoms with Crippen molar-refractivity contribution in [2.75, 3.05) is 0 Å². The largest absolute Gasteiger partial charge is 0.0622 e. The summed E-state index contributed by atoms with van der Waals surface area (Å²) in [6.45, 7) is 0. The molecule has 6 aromatic rings. The summed E-state index contributed by atoms with van der Waals surface area (Å²) >= 11 is 7.65. The van der Waals surface area contributed by atoms with Crippen LogP contribution in [0.5, 0.6) is 0 Å². The quantitative estimate of drug-likeness (QED) is 0.197. The van der Waals surface area contributed by atoms with Gasteiger partial charge in [-0.25, -0.2) is 0 Å². The minimum Gasteiger partial charge on any atom is -0.0622 e. The van der Waals surface area contributed by atoms with E-state index in [2.05, 4.69) is 141 Å². The zero-order valence-corrected chi connectivity index (χ0v) is 21.3. The van der Waals surface area contributed by atoms with Crippen LogP contribution in [0.2, 0.25) is 0 Å². The molecule has 2 heteroatoms. The predicted octanol–water partition coefficient (Wildman–Crippen LogP) is 10.5. The average molecular weight is 562 g/mol. The number of rotatable bonds is 2. The highest BCUT2D eigenvalue weighted by Gasteiger charge is 2.29. The molecule has 1 aliphatic carbocycles. The lowest BCUT2D eigenvalue weighted by Crippen LogP contribution is -1.90. The Morgan fingerprint density at radius 2 is 0.971 bits per heavy atom. The molecule has 0 aromatic heterocycles. The first-order valence-corrected chi connectivity index (χ1v) is 12.9. The second-order valence-electron chi connectivity index (χ2n) is 8.75. The molecule has 0 saturated carbocycles. The van der Waals surface area contributed by atoms with Crippen molar-refractivity contribution in [2.45, 2.75) is 0 Å². The zero-order chi connectivity index (χ0) is 22.8. The SMILES string of the molecule is Brc1ccc2c3c(ccc(Br)c13)-c1c-2c(-c2ccccc2)cc2cccc(-c3ccccc3)c12. The van der Waals surface area contributed by atoms with Gasteiger partial charge in [-0.2, -0.15) is 0 Å². The average Bonchev–Trinajstić information content (AvgIpc) is 3.22. The van der Waals surface area contributed by atoms with Crippen molar-refractivity contribution >= 4 is 53.4 Å². The van der Waals surface area contributed by atoms with Crippen molar-refractivity contribution in [3.8, 4) is 44.5 Å². The molecule has 0 heterocycles. The van der Waals surface area contributed by atoms with Crippen LogP contribution >= 0.6 is 31.9 Å². The van der Waals surface area contributed by atoms with E-state index in [0.29, 0.717) is 0 Å². The Hall–Kier alpha value is -3.20. The summed E-state index contributed by atoms with van der Waals surface area (Å²) in [6, 6.07) is 39.5. The molecule has 0 bridgehead atoms. The first kappa shape index (κ1) is 20.2. The summed E-state index contributed by atoms with van der Waals surface area (Å²) in [5, 5.41) is 5.13. The third-order valence-electron chi connectivity index (χ3n) is 6.93. The summed E-state index contributed by atoms with van der Waals surface area (Å²) < 4.78 is 2.23. The molecule has 0 atom stereocenters. The van der Waals surface area contributed by atoms with Crippen molar-refractivity contribution < 1.29 is 0 Å². The van der Waals surface area contributed by atoms with Gasteiger partial charge in [0.05, 0.1) is 0 Å². The van der Waals surface area contributed by atoms with Gasteiger partial charge in [-0.1, -0.05) is 123 Å². The highest BCUT2D eigenvalue weighted by Crippen LogP contribution is 2.57. The second kappa shape index (κ2) is 7.66. The van der Waals surface area contributed by atoms with Crippen molar-refractivity contribution in [3.05, 3.63) is 118 Å². The summed E-state index contributed by atoms with van der Waals surface area (Å²) in [5.41, 5.74) is 10.3. The van der Waals surface area contributed by atoms with Crippen LogP contribution in [0.25, 0.3) is 66.1 Å². The van der Waals surface area contributed by atoms with Gasteiger partial charge in [-0.15, -0.1) is 0 Å². The molecule has 0 unspecified atom stereocenters. The fourth-order valence-electron chi connectivity index (χ4n) is 5.54. The summed E-state index contributed by atoms with van der Waals surface area (Å²) in [5.74, 6) is 0. The van der Waals surface area contributed by atoms with Crippen LogP contribution in [-0.2, 0) is 0 Å². The van der Waals surface area contributed by atoms with Crippen LogP contribution in [-0.4, -0.2) is 0 Å². The molecule has 0 saturated heterocycles. The molecule has 0 spiro atoms. The second-order valence-corrected chi connectivity index (χ2v) is 10.5. The molecular weight excluding hydrogens is 544 g/mol. The number of halogens is 2. The molecule has 0 N–H and O–H groups in total. The fourth-order valence-corrected chi connectivity index (χ4v) is 6.89. The lowest BCUT2D eigenvalue weighted by molar-refractivity contribution is 1.62. The Balaban J connectivity index is 1.72. The van der Waals surface area contributed by atoms with E-state index >= 15 is 0 Å². The van der Waals surface area contributed by atoms with Gasteiger partial charge in [0, 0.05) is 14.3 Å². The van der Waals surface area contributed by atoms with Crippen LogP contribution in [0.3, 0.4) is 0 Å². The number of hydrogen-bond acceptors (Lipinski definition) is 0. The topological polar surface area (TPSA) is 0 Å². The first-order valence-electron chi connectivity index (χ1n) is 11.3. The number of hydrogen-bond donors (Lipinski definition) is 0. The Morgan fingerprint density at radius 1 is 0.382 bits per heavy atom. The minimum absolute atomic E-state index is 1.11. The van der Waals surface area contributed by atoms with Crippen LogP contribution < -0.4 is 0 Å². The van der Waals surface area contributed by atoms with E-state index in [1.807, 2.05) is 0 Å². The van der Waals surface area contributed by atoms with Gasteiger partial charge in [0.15, 0.2) is 0 Å². The number of fused-ring (bicyclic) bond motifs is 5. The molecule has 6 aromatic carbocycles. The molecule has 7 rings (SSSR count). The van der Waals surface area contributed by atoms with E-state index in [-0.39, 0.29) is 0 Å². The monoisotopic (exact) mass is 560 g/mol. The fraction of sp³-hybridized carbons (Fsp3) is 0. The summed E-state index contributed by atoms with van der Waals surface area (Å²) in [7, 11) is 0. The third-order valence-corrected chi connectivity index (χ3v) is 8.25. The van der Waals surface area contributed by atoms with Crippen molar-refractivity contribution in [3.63, 3.8) is 0 Å². The van der Waals surface area contributed by atoms with Gasteiger partial charge in [0.25, 0.3) is 0 Å². The standard InChI is InChI=1S/C32H18Br2/c33-26-16-14-23-29-24(15-17-27(34)32(26)29)31-28-21(12-7-13-22(28)19-8-3-1-4-9-19)18-25(30(23)31)20-10-5-2-6-11-20/h1-18H. The van der Waals surface area contributed by atoms with Crippen LogP contribution in [0, 0.1) is 0 Å². The molecule has 160 valence electrons. The molecule has 34 heavy (non-hydrogen) atoms. The van der Waals surface area contributed by atoms with Crippen molar-refractivity contribution in [2.24, 2.45) is 0 Å². The molecule has 0 radical (unpaired) electrons.